The minimum Gasteiger partial charge on any atom is -0.456 e. The molecule has 0 radical (unpaired) electrons. The van der Waals surface area contributed by atoms with Crippen molar-refractivity contribution in [3.63, 3.8) is 0 Å². The average Bonchev–Trinajstić information content (AvgIpc) is 2.61. The molecule has 0 saturated carbocycles. The second-order valence-corrected chi connectivity index (χ2v) is 7.11. The molecule has 9 heteroatoms. The Kier molecular flexibility index (Phi) is 7.97. The van der Waals surface area contributed by atoms with E-state index in [0.717, 1.165) is 27.7 Å². The van der Waals surface area contributed by atoms with Crippen molar-refractivity contribution in [1.29, 1.82) is 0 Å². The van der Waals surface area contributed by atoms with Gasteiger partial charge in [0.25, 0.3) is 0 Å². The van der Waals surface area contributed by atoms with Crippen LogP contribution < -0.4 is 29.0 Å². The van der Waals surface area contributed by atoms with Crippen molar-refractivity contribution in [3.05, 3.63) is 64.5 Å². The van der Waals surface area contributed by atoms with E-state index in [1.807, 2.05) is 42.5 Å². The van der Waals surface area contributed by atoms with Gasteiger partial charge in [0.05, 0.1) is 11.5 Å². The summed E-state index contributed by atoms with van der Waals surface area (Å²) in [5.41, 5.74) is 2.98. The molecule has 7 nitrogen and oxygen atoms in total. The Balaban J connectivity index is 0.000000500. The first kappa shape index (κ1) is 22.3. The van der Waals surface area contributed by atoms with Gasteiger partial charge in [-0.15, -0.1) is 10.2 Å². The van der Waals surface area contributed by atoms with Crippen molar-refractivity contribution >= 4 is 22.6 Å². The zero-order chi connectivity index (χ0) is 20.7. The fraction of sp³-hybridized carbons (Fsp3) is 0.211. The Hall–Kier alpha value is -1.97. The second kappa shape index (κ2) is 9.99. The van der Waals surface area contributed by atoms with Crippen LogP contribution in [0.25, 0.3) is 22.3 Å². The van der Waals surface area contributed by atoms with Crippen molar-refractivity contribution in [3.8, 4) is 11.3 Å². The maximum atomic E-state index is 8.99. The molecule has 0 spiro atoms. The van der Waals surface area contributed by atoms with E-state index in [1.165, 1.54) is 5.56 Å². The van der Waals surface area contributed by atoms with Crippen LogP contribution in [0.5, 0.6) is 0 Å². The summed E-state index contributed by atoms with van der Waals surface area (Å²) in [6, 6.07) is 15.7. The third-order valence-corrected chi connectivity index (χ3v) is 3.95. The van der Waals surface area contributed by atoms with Crippen LogP contribution in [0, 0.1) is 17.2 Å². The third-order valence-electron chi connectivity index (χ3n) is 3.70. The van der Waals surface area contributed by atoms with Crippen LogP contribution in [0.2, 0.25) is 5.02 Å². The number of nitrogens with one attached hydrogen (secondary N) is 1. The molecule has 0 fully saturated rings. The van der Waals surface area contributed by atoms with Crippen LogP contribution in [0.1, 0.15) is 12.0 Å². The number of aliphatic hydroxyl groups is 1. The number of aliphatic hydroxyl groups excluding tert-OH is 1. The van der Waals surface area contributed by atoms with Crippen molar-refractivity contribution in [2.75, 3.05) is 13.2 Å². The Bertz CT molecular complexity index is 974. The van der Waals surface area contributed by atoms with Crippen LogP contribution >= 0.6 is 11.6 Å². The first-order valence-corrected chi connectivity index (χ1v) is 9.88. The minimum absolute atomic E-state index is 0.172. The molecule has 0 atom stereocenters. The largest absolute Gasteiger partial charge is 0.456 e. The molecular weight excluding hydrogens is 409 g/mol. The van der Waals surface area contributed by atoms with Gasteiger partial charge in [-0.2, -0.15) is 0 Å². The standard InChI is InChI=1S/C19H18ClNO2.ClHO4/c1-13-3-8-18-16(11-13)17(21-9-2-10-22)12-19(23-18)14-4-6-15(20)7-5-14;2-1(3,4)5/h3-8,11-12,22H,2,9-10H2,1H3;(H,2,3,4,5). The maximum absolute atomic E-state index is 8.99. The summed E-state index contributed by atoms with van der Waals surface area (Å²) in [4.78, 5) is 3.39. The Morgan fingerprint density at radius 1 is 1.04 bits per heavy atom. The molecule has 150 valence electrons. The van der Waals surface area contributed by atoms with Gasteiger partial charge in [0.2, 0.25) is 5.36 Å². The van der Waals surface area contributed by atoms with Gasteiger partial charge in [-0.05, 0) is 43.3 Å². The Morgan fingerprint density at radius 2 is 1.68 bits per heavy atom. The SMILES string of the molecule is Cc1ccc2oc(-c3ccc(Cl)cc3)cc(=[NH+]CCCO)c2c1.[O-][Cl+3]([O-])([O-])[O-]. The van der Waals surface area contributed by atoms with Crippen molar-refractivity contribution < 1.29 is 43.4 Å². The number of halogens is 2. The molecule has 0 saturated heterocycles. The van der Waals surface area contributed by atoms with Crippen molar-refractivity contribution in [2.24, 2.45) is 0 Å². The number of hydrogen-bond donors (Lipinski definition) is 2. The molecule has 0 aliphatic rings. The molecule has 1 heterocycles. The quantitative estimate of drug-likeness (QED) is 0.447. The molecule has 0 aliphatic carbocycles. The molecule has 0 unspecified atom stereocenters. The summed E-state index contributed by atoms with van der Waals surface area (Å²) >= 11 is 5.96. The normalized spacial score (nSPS) is 12.0. The molecule has 3 aromatic rings. The van der Waals surface area contributed by atoms with E-state index >= 15 is 0 Å². The van der Waals surface area contributed by atoms with Gasteiger partial charge in [0.15, 0.2) is 0 Å². The predicted molar refractivity (Wildman–Crippen MR) is 92.1 cm³/mol. The summed E-state index contributed by atoms with van der Waals surface area (Å²) < 4.78 is 40.0. The zero-order valence-electron chi connectivity index (χ0n) is 15.0. The molecule has 0 bridgehead atoms. The van der Waals surface area contributed by atoms with Crippen LogP contribution in [0.4, 0.5) is 0 Å². The minimum atomic E-state index is -4.94. The van der Waals surface area contributed by atoms with E-state index in [0.29, 0.717) is 18.0 Å². The lowest BCUT2D eigenvalue weighted by Gasteiger charge is -2.17. The number of hydrogen-bond acceptors (Lipinski definition) is 6. The summed E-state index contributed by atoms with van der Waals surface area (Å²) in [5.74, 6) is 0.782. The lowest BCUT2D eigenvalue weighted by molar-refractivity contribution is -2.00. The van der Waals surface area contributed by atoms with E-state index in [9.17, 15) is 0 Å². The number of benzene rings is 2. The Morgan fingerprint density at radius 3 is 2.29 bits per heavy atom. The molecule has 28 heavy (non-hydrogen) atoms. The highest BCUT2D eigenvalue weighted by Crippen LogP contribution is 2.23. The van der Waals surface area contributed by atoms with Gasteiger partial charge in [0.1, 0.15) is 17.9 Å². The van der Waals surface area contributed by atoms with E-state index in [-0.39, 0.29) is 6.61 Å². The van der Waals surface area contributed by atoms with Crippen LogP contribution in [-0.2, 0) is 0 Å². The van der Waals surface area contributed by atoms with E-state index in [1.54, 1.807) is 0 Å². The topological polar surface area (TPSA) is 140 Å². The lowest BCUT2D eigenvalue weighted by Crippen LogP contribution is -2.76. The summed E-state index contributed by atoms with van der Waals surface area (Å²) in [6.45, 7) is 2.94. The van der Waals surface area contributed by atoms with Gasteiger partial charge in [-0.1, -0.05) is 23.2 Å². The third kappa shape index (κ3) is 7.21. The van der Waals surface area contributed by atoms with E-state index < -0.39 is 10.2 Å². The summed E-state index contributed by atoms with van der Waals surface area (Å²) in [7, 11) is -4.94. The maximum Gasteiger partial charge on any atom is 0.213 e. The molecule has 3 rings (SSSR count). The van der Waals surface area contributed by atoms with Crippen LogP contribution in [0.3, 0.4) is 0 Å². The first-order valence-electron chi connectivity index (χ1n) is 8.27. The van der Waals surface area contributed by atoms with Gasteiger partial charge in [-0.25, -0.2) is 23.6 Å². The lowest BCUT2D eigenvalue weighted by atomic mass is 10.1. The van der Waals surface area contributed by atoms with Gasteiger partial charge in [-0.3, -0.25) is 0 Å². The Labute approximate surface area is 168 Å². The number of rotatable bonds is 4. The molecular formula is C19H19Cl2NO6. The number of fused-ring (bicyclic) bond motifs is 1. The molecule has 0 amide bonds. The zero-order valence-corrected chi connectivity index (χ0v) is 16.5. The smallest absolute Gasteiger partial charge is 0.213 e. The number of aryl methyl sites for hydroxylation is 1. The fourth-order valence-electron chi connectivity index (χ4n) is 2.50. The molecule has 2 N–H and O–H groups in total. The second-order valence-electron chi connectivity index (χ2n) is 5.91. The van der Waals surface area contributed by atoms with E-state index in [2.05, 4.69) is 18.0 Å². The highest BCUT2D eigenvalue weighted by molar-refractivity contribution is 6.30. The molecule has 2 aromatic carbocycles. The first-order chi connectivity index (χ1) is 13.2. The highest BCUT2D eigenvalue weighted by Gasteiger charge is 2.09. The van der Waals surface area contributed by atoms with Crippen LogP contribution in [0.15, 0.2) is 52.9 Å². The van der Waals surface area contributed by atoms with Crippen LogP contribution in [-0.4, -0.2) is 18.3 Å². The fourth-order valence-corrected chi connectivity index (χ4v) is 2.63. The van der Waals surface area contributed by atoms with Crippen molar-refractivity contribution in [1.82, 2.24) is 0 Å². The van der Waals surface area contributed by atoms with Crippen molar-refractivity contribution in [2.45, 2.75) is 13.3 Å². The monoisotopic (exact) mass is 427 g/mol. The summed E-state index contributed by atoms with van der Waals surface area (Å²) in [6.07, 6.45) is 0.704. The van der Waals surface area contributed by atoms with E-state index in [4.69, 9.17) is 39.8 Å². The summed E-state index contributed by atoms with van der Waals surface area (Å²) in [5, 5.41) is 11.7. The highest BCUT2D eigenvalue weighted by atomic mass is 35.7. The molecule has 0 aliphatic heterocycles. The van der Waals surface area contributed by atoms with Gasteiger partial charge in [0, 0.05) is 23.6 Å². The predicted octanol–water partition coefficient (Wildman–Crippen LogP) is -2.33. The molecule has 1 aromatic heterocycles. The van der Waals surface area contributed by atoms with Gasteiger partial charge >= 0.3 is 0 Å². The average molecular weight is 428 g/mol. The van der Waals surface area contributed by atoms with Gasteiger partial charge < -0.3 is 9.52 Å².